The molecule has 31 heavy (non-hydrogen) atoms. The zero-order valence-electron chi connectivity index (χ0n) is 16.9. The smallest absolute Gasteiger partial charge is 0.322 e. The van der Waals surface area contributed by atoms with E-state index in [1.807, 2.05) is 25.1 Å². The van der Waals surface area contributed by atoms with Crippen molar-refractivity contribution >= 4 is 33.9 Å². The lowest BCUT2D eigenvalue weighted by atomic mass is 9.96. The van der Waals surface area contributed by atoms with Gasteiger partial charge in [0, 0.05) is 18.1 Å². The highest BCUT2D eigenvalue weighted by molar-refractivity contribution is 7.83. The van der Waals surface area contributed by atoms with E-state index < -0.39 is 22.6 Å². The predicted octanol–water partition coefficient (Wildman–Crippen LogP) is 2.79. The third-order valence-electron chi connectivity index (χ3n) is 6.01. The molecule has 1 saturated carbocycles. The number of amides is 3. The number of rotatable bonds is 5. The number of hydrogen-bond donors (Lipinski definition) is 3. The molecule has 1 spiro atoms. The standard InChI is InChI=1S/C22H22N4O4S/c1-13-2-5-18-15(8-13)9-19(30-18)17-4-3-16(12-23-17)31(29)24-11-14-6-7-22(10-14)20(27)25-21(28)26-22/h2-5,8-9,12,14,24H,6-7,10-11H2,1H3,(H2,25,26,27,28). The largest absolute Gasteiger partial charge is 0.454 e. The van der Waals surface area contributed by atoms with Crippen LogP contribution in [0.5, 0.6) is 0 Å². The van der Waals surface area contributed by atoms with Crippen LogP contribution < -0.4 is 15.4 Å². The highest BCUT2D eigenvalue weighted by atomic mass is 32.2. The Morgan fingerprint density at radius 1 is 1.26 bits per heavy atom. The maximum Gasteiger partial charge on any atom is 0.322 e. The summed E-state index contributed by atoms with van der Waals surface area (Å²) < 4.78 is 21.5. The third kappa shape index (κ3) is 3.75. The number of aryl methyl sites for hydroxylation is 1. The fourth-order valence-corrected chi connectivity index (χ4v) is 5.26. The first-order chi connectivity index (χ1) is 14.9. The molecule has 3 amide bonds. The number of hydrogen-bond acceptors (Lipinski definition) is 5. The van der Waals surface area contributed by atoms with Crippen LogP contribution in [0.15, 0.2) is 51.9 Å². The Kier molecular flexibility index (Phi) is 4.86. The first kappa shape index (κ1) is 19.9. The van der Waals surface area contributed by atoms with Crippen LogP contribution in [0.4, 0.5) is 4.79 Å². The number of pyridine rings is 1. The Bertz CT molecular complexity index is 1210. The van der Waals surface area contributed by atoms with Crippen LogP contribution in [0.2, 0.25) is 0 Å². The van der Waals surface area contributed by atoms with E-state index in [9.17, 15) is 13.8 Å². The molecule has 160 valence electrons. The molecule has 1 aliphatic heterocycles. The number of benzene rings is 1. The lowest BCUT2D eigenvalue weighted by Gasteiger charge is -2.19. The van der Waals surface area contributed by atoms with Gasteiger partial charge in [-0.1, -0.05) is 11.6 Å². The van der Waals surface area contributed by atoms with Crippen LogP contribution in [-0.4, -0.2) is 33.2 Å². The van der Waals surface area contributed by atoms with Gasteiger partial charge >= 0.3 is 6.03 Å². The maximum absolute atomic E-state index is 12.6. The van der Waals surface area contributed by atoms with Gasteiger partial charge in [-0.25, -0.2) is 13.7 Å². The fourth-order valence-electron chi connectivity index (χ4n) is 4.37. The van der Waals surface area contributed by atoms with Crippen molar-refractivity contribution in [1.29, 1.82) is 0 Å². The number of furan rings is 1. The summed E-state index contributed by atoms with van der Waals surface area (Å²) in [5, 5.41) is 6.07. The van der Waals surface area contributed by atoms with E-state index in [0.29, 0.717) is 35.7 Å². The topological polar surface area (TPSA) is 113 Å². The molecule has 1 aromatic carbocycles. The molecule has 2 aromatic heterocycles. The second-order valence-corrected chi connectivity index (χ2v) is 9.54. The minimum absolute atomic E-state index is 0.152. The van der Waals surface area contributed by atoms with E-state index in [4.69, 9.17) is 4.42 Å². The van der Waals surface area contributed by atoms with Crippen molar-refractivity contribution < 1.29 is 18.2 Å². The fraction of sp³-hybridized carbons (Fsp3) is 0.318. The summed E-state index contributed by atoms with van der Waals surface area (Å²) in [6.07, 6.45) is 3.49. The molecule has 0 radical (unpaired) electrons. The Labute approximate surface area is 181 Å². The van der Waals surface area contributed by atoms with Crippen molar-refractivity contribution in [3.63, 3.8) is 0 Å². The summed E-state index contributed by atoms with van der Waals surface area (Å²) in [5.74, 6) is 0.556. The SMILES string of the molecule is Cc1ccc2oc(-c3ccc(S(=O)NCC4CCC5(C4)NC(=O)NC5=O)cn3)cc2c1. The summed E-state index contributed by atoms with van der Waals surface area (Å²) in [4.78, 5) is 28.5. The molecule has 8 nitrogen and oxygen atoms in total. The summed E-state index contributed by atoms with van der Waals surface area (Å²) in [6.45, 7) is 2.52. The number of carbonyl (C=O) groups excluding carboxylic acids is 2. The van der Waals surface area contributed by atoms with E-state index in [1.165, 1.54) is 0 Å². The summed E-state index contributed by atoms with van der Waals surface area (Å²) in [6, 6.07) is 11.1. The van der Waals surface area contributed by atoms with Crippen LogP contribution in [0, 0.1) is 12.8 Å². The number of imide groups is 1. The van der Waals surface area contributed by atoms with Crippen molar-refractivity contribution in [2.24, 2.45) is 5.92 Å². The molecule has 3 atom stereocenters. The molecular formula is C22H22N4O4S. The minimum Gasteiger partial charge on any atom is -0.454 e. The molecule has 9 heteroatoms. The van der Waals surface area contributed by atoms with E-state index in [-0.39, 0.29) is 11.8 Å². The van der Waals surface area contributed by atoms with Gasteiger partial charge in [-0.15, -0.1) is 0 Å². The predicted molar refractivity (Wildman–Crippen MR) is 115 cm³/mol. The average Bonchev–Trinajstić information content (AvgIpc) is 3.43. The third-order valence-corrected chi connectivity index (χ3v) is 7.11. The molecule has 1 saturated heterocycles. The lowest BCUT2D eigenvalue weighted by molar-refractivity contribution is -0.123. The maximum atomic E-state index is 12.6. The molecular weight excluding hydrogens is 416 g/mol. The van der Waals surface area contributed by atoms with Crippen molar-refractivity contribution in [3.05, 3.63) is 48.2 Å². The summed E-state index contributed by atoms with van der Waals surface area (Å²) in [7, 11) is -1.42. The monoisotopic (exact) mass is 438 g/mol. The quantitative estimate of drug-likeness (QED) is 0.530. The highest BCUT2D eigenvalue weighted by Crippen LogP contribution is 2.36. The van der Waals surface area contributed by atoms with Crippen molar-refractivity contribution in [2.75, 3.05) is 6.54 Å². The van der Waals surface area contributed by atoms with Gasteiger partial charge in [-0.2, -0.15) is 0 Å². The molecule has 3 N–H and O–H groups in total. The van der Waals surface area contributed by atoms with Gasteiger partial charge in [-0.05, 0) is 62.4 Å². The molecule has 3 aromatic rings. The van der Waals surface area contributed by atoms with E-state index in [0.717, 1.165) is 23.0 Å². The van der Waals surface area contributed by atoms with Gasteiger partial charge in [-0.3, -0.25) is 15.1 Å². The van der Waals surface area contributed by atoms with Crippen LogP contribution in [-0.2, 0) is 15.8 Å². The van der Waals surface area contributed by atoms with Crippen LogP contribution >= 0.6 is 0 Å². The normalized spacial score (nSPS) is 24.0. The zero-order valence-corrected chi connectivity index (χ0v) is 17.8. The van der Waals surface area contributed by atoms with Gasteiger partial charge in [0.2, 0.25) is 0 Å². The molecule has 5 rings (SSSR count). The second kappa shape index (κ2) is 7.58. The van der Waals surface area contributed by atoms with Crippen LogP contribution in [0.25, 0.3) is 22.4 Å². The number of nitrogens with zero attached hydrogens (tertiary/aromatic N) is 1. The van der Waals surface area contributed by atoms with Crippen molar-refractivity contribution in [1.82, 2.24) is 20.3 Å². The van der Waals surface area contributed by atoms with Gasteiger partial charge < -0.3 is 9.73 Å². The summed E-state index contributed by atoms with van der Waals surface area (Å²) >= 11 is 0. The van der Waals surface area contributed by atoms with Crippen LogP contribution in [0.3, 0.4) is 0 Å². The average molecular weight is 439 g/mol. The van der Waals surface area contributed by atoms with E-state index in [1.54, 1.807) is 18.3 Å². The Morgan fingerprint density at radius 3 is 2.87 bits per heavy atom. The van der Waals surface area contributed by atoms with Crippen molar-refractivity contribution in [2.45, 2.75) is 36.6 Å². The van der Waals surface area contributed by atoms with Gasteiger partial charge in [0.15, 0.2) is 5.76 Å². The molecule has 0 bridgehead atoms. The lowest BCUT2D eigenvalue weighted by Crippen LogP contribution is -2.44. The molecule has 3 heterocycles. The van der Waals surface area contributed by atoms with E-state index in [2.05, 4.69) is 26.4 Å². The van der Waals surface area contributed by atoms with E-state index >= 15 is 0 Å². The second-order valence-electron chi connectivity index (χ2n) is 8.25. The zero-order chi connectivity index (χ0) is 21.6. The minimum atomic E-state index is -1.42. The Balaban J connectivity index is 1.21. The number of fused-ring (bicyclic) bond motifs is 1. The number of nitrogens with one attached hydrogen (secondary N) is 3. The first-order valence-electron chi connectivity index (χ1n) is 10.2. The Hall–Kier alpha value is -3.04. The van der Waals surface area contributed by atoms with Crippen molar-refractivity contribution in [3.8, 4) is 11.5 Å². The highest BCUT2D eigenvalue weighted by Gasteiger charge is 2.50. The number of aromatic nitrogens is 1. The van der Waals surface area contributed by atoms with Crippen LogP contribution in [0.1, 0.15) is 24.8 Å². The molecule has 1 aliphatic carbocycles. The Morgan fingerprint density at radius 2 is 2.13 bits per heavy atom. The first-order valence-corrected chi connectivity index (χ1v) is 11.3. The number of carbonyl (C=O) groups is 2. The number of urea groups is 1. The molecule has 3 unspecified atom stereocenters. The van der Waals surface area contributed by atoms with Gasteiger partial charge in [0.05, 0.1) is 4.90 Å². The summed E-state index contributed by atoms with van der Waals surface area (Å²) in [5.41, 5.74) is 1.83. The van der Waals surface area contributed by atoms with Gasteiger partial charge in [0.1, 0.15) is 27.8 Å². The molecule has 2 aliphatic rings. The molecule has 2 fully saturated rings. The van der Waals surface area contributed by atoms with Gasteiger partial charge in [0.25, 0.3) is 5.91 Å².